The highest BCUT2D eigenvalue weighted by Crippen LogP contribution is 2.31. The molecular weight excluding hydrogens is 434 g/mol. The van der Waals surface area contributed by atoms with E-state index in [9.17, 15) is 9.59 Å². The van der Waals surface area contributed by atoms with Gasteiger partial charge in [0.05, 0.1) is 10.2 Å². The summed E-state index contributed by atoms with van der Waals surface area (Å²) in [5, 5.41) is 3.75. The zero-order chi connectivity index (χ0) is 22.5. The second-order valence-corrected chi connectivity index (χ2v) is 9.35. The molecule has 33 heavy (non-hydrogen) atoms. The third-order valence-corrected chi connectivity index (χ3v) is 7.40. The second kappa shape index (κ2) is 7.71. The van der Waals surface area contributed by atoms with Crippen molar-refractivity contribution in [2.24, 2.45) is 0 Å². The Morgan fingerprint density at radius 3 is 2.61 bits per heavy atom. The Morgan fingerprint density at radius 2 is 1.79 bits per heavy atom. The summed E-state index contributed by atoms with van der Waals surface area (Å²) in [5.74, 6) is -0.279. The minimum atomic E-state index is -0.591. The largest absolute Gasteiger partial charge is 0.422 e. The van der Waals surface area contributed by atoms with Crippen LogP contribution in [0.4, 0.5) is 5.13 Å². The third-order valence-electron chi connectivity index (χ3n) is 6.32. The Bertz CT molecular complexity index is 1600. The van der Waals surface area contributed by atoms with Gasteiger partial charge in [0.2, 0.25) is 0 Å². The van der Waals surface area contributed by atoms with E-state index in [1.54, 1.807) is 28.4 Å². The molecule has 7 heteroatoms. The fourth-order valence-electron chi connectivity index (χ4n) is 4.50. The van der Waals surface area contributed by atoms with Crippen molar-refractivity contribution >= 4 is 54.3 Å². The average molecular weight is 456 g/mol. The number of carbonyl (C=O) groups is 1. The first-order chi connectivity index (χ1) is 16.1. The Morgan fingerprint density at radius 1 is 0.970 bits per heavy atom. The molecule has 0 bridgehead atoms. The van der Waals surface area contributed by atoms with E-state index in [2.05, 4.69) is 30.0 Å². The second-order valence-electron chi connectivity index (χ2n) is 8.34. The molecule has 1 saturated heterocycles. The van der Waals surface area contributed by atoms with Crippen LogP contribution >= 0.6 is 11.3 Å². The van der Waals surface area contributed by atoms with Crippen LogP contribution in [0.3, 0.4) is 0 Å². The summed E-state index contributed by atoms with van der Waals surface area (Å²) in [7, 11) is 0. The zero-order valence-corrected chi connectivity index (χ0v) is 18.9. The van der Waals surface area contributed by atoms with Gasteiger partial charge in [0.1, 0.15) is 11.1 Å². The van der Waals surface area contributed by atoms with Crippen LogP contribution in [0.1, 0.15) is 15.9 Å². The average Bonchev–Trinajstić information content (AvgIpc) is 3.29. The molecule has 0 atom stereocenters. The highest BCUT2D eigenvalue weighted by molar-refractivity contribution is 7.22. The number of piperazine rings is 1. The van der Waals surface area contributed by atoms with Crippen molar-refractivity contribution < 1.29 is 9.21 Å². The van der Waals surface area contributed by atoms with Crippen LogP contribution in [-0.2, 0) is 0 Å². The molecule has 2 aromatic heterocycles. The Balaban J connectivity index is 1.27. The molecule has 1 fully saturated rings. The van der Waals surface area contributed by atoms with E-state index in [4.69, 9.17) is 9.40 Å². The number of fused-ring (bicyclic) bond motifs is 4. The molecule has 5 aromatic rings. The Kier molecular flexibility index (Phi) is 4.66. The van der Waals surface area contributed by atoms with Crippen LogP contribution in [0.5, 0.6) is 0 Å². The summed E-state index contributed by atoms with van der Waals surface area (Å²) in [6, 6.07) is 19.5. The molecule has 164 valence electrons. The molecule has 1 amide bonds. The fourth-order valence-corrected chi connectivity index (χ4v) is 5.60. The molecule has 0 unspecified atom stereocenters. The van der Waals surface area contributed by atoms with Gasteiger partial charge in [-0.1, -0.05) is 53.8 Å². The number of para-hydroxylation sites is 1. The van der Waals surface area contributed by atoms with Gasteiger partial charge in [0.25, 0.3) is 5.91 Å². The van der Waals surface area contributed by atoms with Gasteiger partial charge in [0, 0.05) is 31.6 Å². The van der Waals surface area contributed by atoms with E-state index < -0.39 is 5.63 Å². The summed E-state index contributed by atoms with van der Waals surface area (Å²) in [6.45, 7) is 4.47. The number of benzene rings is 3. The molecule has 0 saturated carbocycles. The number of nitrogens with zero attached hydrogens (tertiary/aromatic N) is 3. The molecular formula is C26H21N3O3S. The molecule has 0 radical (unpaired) electrons. The van der Waals surface area contributed by atoms with E-state index in [0.29, 0.717) is 31.8 Å². The van der Waals surface area contributed by atoms with Crippen LogP contribution in [0.15, 0.2) is 69.9 Å². The minimum Gasteiger partial charge on any atom is -0.422 e. The van der Waals surface area contributed by atoms with E-state index in [-0.39, 0.29) is 11.5 Å². The van der Waals surface area contributed by atoms with Crippen LogP contribution < -0.4 is 10.5 Å². The number of anilines is 1. The number of aryl methyl sites for hydroxylation is 1. The third kappa shape index (κ3) is 3.36. The van der Waals surface area contributed by atoms with Crippen molar-refractivity contribution in [2.45, 2.75) is 6.92 Å². The molecule has 3 aromatic carbocycles. The smallest absolute Gasteiger partial charge is 0.349 e. The lowest BCUT2D eigenvalue weighted by Gasteiger charge is -2.34. The Hall–Kier alpha value is -3.71. The number of hydrogen-bond acceptors (Lipinski definition) is 6. The topological polar surface area (TPSA) is 66.7 Å². The molecule has 6 rings (SSSR count). The van der Waals surface area contributed by atoms with Gasteiger partial charge in [-0.2, -0.15) is 0 Å². The first-order valence-electron chi connectivity index (χ1n) is 10.9. The van der Waals surface area contributed by atoms with E-state index in [0.717, 1.165) is 26.8 Å². The lowest BCUT2D eigenvalue weighted by Crippen LogP contribution is -2.49. The van der Waals surface area contributed by atoms with Gasteiger partial charge in [0.15, 0.2) is 5.13 Å². The molecule has 0 spiro atoms. The summed E-state index contributed by atoms with van der Waals surface area (Å²) >= 11 is 1.68. The normalized spacial score (nSPS) is 14.5. The first-order valence-corrected chi connectivity index (χ1v) is 11.8. The van der Waals surface area contributed by atoms with E-state index >= 15 is 0 Å². The fraction of sp³-hybridized carbons (Fsp3) is 0.192. The van der Waals surface area contributed by atoms with Crippen molar-refractivity contribution in [3.63, 3.8) is 0 Å². The number of rotatable bonds is 2. The van der Waals surface area contributed by atoms with Crippen molar-refractivity contribution in [1.29, 1.82) is 0 Å². The highest BCUT2D eigenvalue weighted by atomic mass is 32.1. The summed E-state index contributed by atoms with van der Waals surface area (Å²) in [6.07, 6.45) is 0. The summed E-state index contributed by atoms with van der Waals surface area (Å²) in [4.78, 5) is 34.7. The SMILES string of the molecule is Cc1cccc2sc(N3CCN(C(=O)c4cc5c(ccc6ccccc65)oc4=O)CC3)nc12. The summed E-state index contributed by atoms with van der Waals surface area (Å²) in [5.41, 5.74) is 2.19. The highest BCUT2D eigenvalue weighted by Gasteiger charge is 2.26. The van der Waals surface area contributed by atoms with Gasteiger partial charge in [-0.15, -0.1) is 0 Å². The zero-order valence-electron chi connectivity index (χ0n) is 18.1. The van der Waals surface area contributed by atoms with Gasteiger partial charge >= 0.3 is 5.63 Å². The lowest BCUT2D eigenvalue weighted by atomic mass is 10.0. The molecule has 0 N–H and O–H groups in total. The predicted molar refractivity (Wildman–Crippen MR) is 132 cm³/mol. The van der Waals surface area contributed by atoms with Gasteiger partial charge in [-0.05, 0) is 41.5 Å². The van der Waals surface area contributed by atoms with Crippen molar-refractivity contribution in [1.82, 2.24) is 9.88 Å². The monoisotopic (exact) mass is 455 g/mol. The van der Waals surface area contributed by atoms with Gasteiger partial charge < -0.3 is 14.2 Å². The lowest BCUT2D eigenvalue weighted by molar-refractivity contribution is 0.0742. The van der Waals surface area contributed by atoms with Crippen molar-refractivity contribution in [2.75, 3.05) is 31.1 Å². The van der Waals surface area contributed by atoms with Crippen molar-refractivity contribution in [3.05, 3.63) is 82.2 Å². The van der Waals surface area contributed by atoms with Crippen LogP contribution in [0.2, 0.25) is 0 Å². The Labute approximate surface area is 193 Å². The van der Waals surface area contributed by atoms with Gasteiger partial charge in [-0.25, -0.2) is 9.78 Å². The molecule has 3 heterocycles. The van der Waals surface area contributed by atoms with E-state index in [1.165, 1.54) is 10.3 Å². The first kappa shape index (κ1) is 19.9. The number of thiazole rings is 1. The number of aromatic nitrogens is 1. The number of hydrogen-bond donors (Lipinski definition) is 0. The maximum absolute atomic E-state index is 13.3. The van der Waals surface area contributed by atoms with Crippen LogP contribution in [0.25, 0.3) is 32.0 Å². The van der Waals surface area contributed by atoms with Crippen LogP contribution in [0, 0.1) is 6.92 Å². The standard InChI is InChI=1S/C26H21N3O3S/c1-16-5-4-8-22-23(16)27-26(33-22)29-13-11-28(12-14-29)24(30)20-15-19-18-7-3-2-6-17(18)9-10-21(19)32-25(20)31/h2-10,15H,11-14H2,1H3. The maximum atomic E-state index is 13.3. The molecule has 1 aliphatic heterocycles. The summed E-state index contributed by atoms with van der Waals surface area (Å²) < 4.78 is 6.70. The number of carbonyl (C=O) groups excluding carboxylic acids is 1. The quantitative estimate of drug-likeness (QED) is 0.282. The molecule has 1 aliphatic rings. The van der Waals surface area contributed by atoms with Crippen molar-refractivity contribution in [3.8, 4) is 0 Å². The maximum Gasteiger partial charge on any atom is 0.349 e. The van der Waals surface area contributed by atoms with E-state index in [1.807, 2.05) is 30.3 Å². The molecule has 6 nitrogen and oxygen atoms in total. The molecule has 0 aliphatic carbocycles. The van der Waals surface area contributed by atoms with Crippen LogP contribution in [-0.4, -0.2) is 42.0 Å². The minimum absolute atomic E-state index is 0.0860. The predicted octanol–water partition coefficient (Wildman–Crippen LogP) is 4.83. The number of amides is 1. The van der Waals surface area contributed by atoms with Gasteiger partial charge in [-0.3, -0.25) is 4.79 Å².